The fourth-order valence-electron chi connectivity index (χ4n) is 2.86. The quantitative estimate of drug-likeness (QED) is 0.807. The van der Waals surface area contributed by atoms with Gasteiger partial charge in [0.25, 0.3) is 0 Å². The zero-order valence-corrected chi connectivity index (χ0v) is 13.6. The number of rotatable bonds is 4. The molecule has 2 aromatic carbocycles. The number of carbonyl (C=O) groups excluding carboxylic acids is 1. The van der Waals surface area contributed by atoms with Crippen molar-refractivity contribution >= 4 is 12.0 Å². The van der Waals surface area contributed by atoms with Crippen molar-refractivity contribution in [3.8, 4) is 0 Å². The van der Waals surface area contributed by atoms with Crippen molar-refractivity contribution < 1.29 is 9.18 Å². The van der Waals surface area contributed by atoms with E-state index in [4.69, 9.17) is 0 Å². The van der Waals surface area contributed by atoms with Crippen LogP contribution in [0.5, 0.6) is 0 Å². The van der Waals surface area contributed by atoms with E-state index in [2.05, 4.69) is 4.90 Å². The molecule has 3 rings (SSSR count). The Morgan fingerprint density at radius 1 is 1.00 bits per heavy atom. The van der Waals surface area contributed by atoms with E-state index >= 15 is 0 Å². The molecule has 24 heavy (non-hydrogen) atoms. The Bertz CT molecular complexity index is 707. The van der Waals surface area contributed by atoms with Crippen molar-refractivity contribution in [3.05, 3.63) is 77.6 Å². The number of benzene rings is 2. The maximum Gasteiger partial charge on any atom is 0.246 e. The minimum atomic E-state index is -0.202. The van der Waals surface area contributed by atoms with E-state index in [1.807, 2.05) is 47.4 Å². The van der Waals surface area contributed by atoms with E-state index in [1.165, 1.54) is 6.07 Å². The van der Waals surface area contributed by atoms with E-state index in [0.29, 0.717) is 13.1 Å². The molecule has 0 saturated carbocycles. The fourth-order valence-corrected chi connectivity index (χ4v) is 2.86. The summed E-state index contributed by atoms with van der Waals surface area (Å²) in [5.74, 6) is -0.156. The highest BCUT2D eigenvalue weighted by molar-refractivity contribution is 5.91. The molecular formula is C20H21FN2O. The molecule has 0 unspecified atom stereocenters. The summed E-state index contributed by atoms with van der Waals surface area (Å²) in [6, 6.07) is 16.5. The summed E-state index contributed by atoms with van der Waals surface area (Å²) in [5, 5.41) is 0. The molecule has 0 bridgehead atoms. The highest BCUT2D eigenvalue weighted by Gasteiger charge is 2.19. The number of hydrogen-bond donors (Lipinski definition) is 0. The molecule has 124 valence electrons. The predicted octanol–water partition coefficient (Wildman–Crippen LogP) is 3.18. The number of piperazine rings is 1. The molecule has 0 aliphatic carbocycles. The molecule has 0 aromatic heterocycles. The minimum Gasteiger partial charge on any atom is -0.337 e. The Balaban J connectivity index is 1.49. The van der Waals surface area contributed by atoms with Gasteiger partial charge in [-0.25, -0.2) is 4.39 Å². The first-order valence-corrected chi connectivity index (χ1v) is 8.19. The maximum absolute atomic E-state index is 13.2. The van der Waals surface area contributed by atoms with E-state index in [-0.39, 0.29) is 11.7 Å². The molecule has 4 heteroatoms. The molecule has 1 fully saturated rings. The molecule has 0 spiro atoms. The summed E-state index contributed by atoms with van der Waals surface area (Å²) < 4.78 is 13.2. The Hall–Kier alpha value is -2.46. The number of carbonyl (C=O) groups is 1. The molecular weight excluding hydrogens is 303 g/mol. The van der Waals surface area contributed by atoms with Gasteiger partial charge in [-0.15, -0.1) is 0 Å². The van der Waals surface area contributed by atoms with Gasteiger partial charge in [0, 0.05) is 38.8 Å². The average Bonchev–Trinajstić information content (AvgIpc) is 2.61. The van der Waals surface area contributed by atoms with Crippen molar-refractivity contribution in [1.29, 1.82) is 0 Å². The fraction of sp³-hybridized carbons (Fsp3) is 0.250. The first-order valence-electron chi connectivity index (χ1n) is 8.19. The van der Waals surface area contributed by atoms with Crippen LogP contribution in [0, 0.1) is 5.82 Å². The third kappa shape index (κ3) is 4.52. The first-order chi connectivity index (χ1) is 11.7. The summed E-state index contributed by atoms with van der Waals surface area (Å²) in [6.45, 7) is 3.74. The van der Waals surface area contributed by atoms with E-state index in [1.54, 1.807) is 18.2 Å². The van der Waals surface area contributed by atoms with Gasteiger partial charge in [0.15, 0.2) is 0 Å². The standard InChI is InChI=1S/C20H21FN2O/c21-19-8-4-7-18(15-19)16-22-11-13-23(14-12-22)20(24)10-9-17-5-2-1-3-6-17/h1-10,15H,11-14,16H2/b10-9+. The van der Waals surface area contributed by atoms with Crippen LogP contribution in [0.25, 0.3) is 6.08 Å². The highest BCUT2D eigenvalue weighted by atomic mass is 19.1. The average molecular weight is 324 g/mol. The van der Waals surface area contributed by atoms with Crippen molar-refractivity contribution in [1.82, 2.24) is 9.80 Å². The van der Waals surface area contributed by atoms with Crippen molar-refractivity contribution in [2.75, 3.05) is 26.2 Å². The van der Waals surface area contributed by atoms with Crippen LogP contribution in [0.1, 0.15) is 11.1 Å². The zero-order valence-electron chi connectivity index (χ0n) is 13.6. The zero-order chi connectivity index (χ0) is 16.8. The Morgan fingerprint density at radius 3 is 2.46 bits per heavy atom. The van der Waals surface area contributed by atoms with Gasteiger partial charge in [-0.3, -0.25) is 9.69 Å². The van der Waals surface area contributed by atoms with Gasteiger partial charge in [0.1, 0.15) is 5.82 Å². The van der Waals surface area contributed by atoms with Crippen LogP contribution in [0.15, 0.2) is 60.7 Å². The first kappa shape index (κ1) is 16.4. The number of halogens is 1. The molecule has 2 aromatic rings. The third-order valence-corrected chi connectivity index (χ3v) is 4.20. The highest BCUT2D eigenvalue weighted by Crippen LogP contribution is 2.11. The summed E-state index contributed by atoms with van der Waals surface area (Å²) in [4.78, 5) is 16.4. The van der Waals surface area contributed by atoms with Crippen LogP contribution in [0.4, 0.5) is 4.39 Å². The van der Waals surface area contributed by atoms with E-state index in [0.717, 1.165) is 30.8 Å². The minimum absolute atomic E-state index is 0.0456. The Kier molecular flexibility index (Phi) is 5.39. The maximum atomic E-state index is 13.2. The lowest BCUT2D eigenvalue weighted by atomic mass is 10.2. The largest absolute Gasteiger partial charge is 0.337 e. The van der Waals surface area contributed by atoms with Crippen LogP contribution in [-0.2, 0) is 11.3 Å². The van der Waals surface area contributed by atoms with Crippen LogP contribution in [0.2, 0.25) is 0 Å². The lowest BCUT2D eigenvalue weighted by Gasteiger charge is -2.34. The second-order valence-electron chi connectivity index (χ2n) is 5.98. The molecule has 1 aliphatic rings. The molecule has 3 nitrogen and oxygen atoms in total. The van der Waals surface area contributed by atoms with Crippen molar-refractivity contribution in [3.63, 3.8) is 0 Å². The van der Waals surface area contributed by atoms with Gasteiger partial charge < -0.3 is 4.90 Å². The second kappa shape index (κ2) is 7.88. The second-order valence-corrected chi connectivity index (χ2v) is 5.98. The van der Waals surface area contributed by atoms with Crippen molar-refractivity contribution in [2.24, 2.45) is 0 Å². The number of amides is 1. The lowest BCUT2D eigenvalue weighted by molar-refractivity contribution is -0.127. The summed E-state index contributed by atoms with van der Waals surface area (Å²) >= 11 is 0. The van der Waals surface area contributed by atoms with Crippen molar-refractivity contribution in [2.45, 2.75) is 6.54 Å². The molecule has 0 N–H and O–H groups in total. The SMILES string of the molecule is O=C(/C=C/c1ccccc1)N1CCN(Cc2cccc(F)c2)CC1. The molecule has 0 radical (unpaired) electrons. The van der Waals surface area contributed by atoms with E-state index < -0.39 is 0 Å². The summed E-state index contributed by atoms with van der Waals surface area (Å²) in [7, 11) is 0. The normalized spacial score (nSPS) is 15.8. The van der Waals surface area contributed by atoms with Gasteiger partial charge >= 0.3 is 0 Å². The number of hydrogen-bond acceptors (Lipinski definition) is 2. The lowest BCUT2D eigenvalue weighted by Crippen LogP contribution is -2.47. The topological polar surface area (TPSA) is 23.6 Å². The number of nitrogens with zero attached hydrogens (tertiary/aromatic N) is 2. The van der Waals surface area contributed by atoms with E-state index in [9.17, 15) is 9.18 Å². The van der Waals surface area contributed by atoms with Gasteiger partial charge in [0.2, 0.25) is 5.91 Å². The molecule has 1 aliphatic heterocycles. The Morgan fingerprint density at radius 2 is 1.75 bits per heavy atom. The van der Waals surface area contributed by atoms with Crippen LogP contribution in [0.3, 0.4) is 0 Å². The van der Waals surface area contributed by atoms with Gasteiger partial charge in [-0.1, -0.05) is 42.5 Å². The Labute approximate surface area is 142 Å². The van der Waals surface area contributed by atoms with Crippen LogP contribution < -0.4 is 0 Å². The van der Waals surface area contributed by atoms with Gasteiger partial charge in [0.05, 0.1) is 0 Å². The summed E-state index contributed by atoms with van der Waals surface area (Å²) in [6.07, 6.45) is 3.49. The predicted molar refractivity (Wildman–Crippen MR) is 93.7 cm³/mol. The third-order valence-electron chi connectivity index (χ3n) is 4.20. The van der Waals surface area contributed by atoms with Gasteiger partial charge in [-0.2, -0.15) is 0 Å². The molecule has 1 saturated heterocycles. The van der Waals surface area contributed by atoms with Gasteiger partial charge in [-0.05, 0) is 29.3 Å². The monoisotopic (exact) mass is 324 g/mol. The molecule has 0 atom stereocenters. The smallest absolute Gasteiger partial charge is 0.246 e. The van der Waals surface area contributed by atoms with Crippen LogP contribution in [-0.4, -0.2) is 41.9 Å². The van der Waals surface area contributed by atoms with Crippen LogP contribution >= 0.6 is 0 Å². The molecule has 1 heterocycles. The molecule has 1 amide bonds. The summed E-state index contributed by atoms with van der Waals surface area (Å²) in [5.41, 5.74) is 1.99.